The van der Waals surface area contributed by atoms with Crippen LogP contribution in [0.25, 0.3) is 11.0 Å². The summed E-state index contributed by atoms with van der Waals surface area (Å²) in [6, 6.07) is 5.20. The maximum atomic E-state index is 12.8. The van der Waals surface area contributed by atoms with Gasteiger partial charge in [-0.1, -0.05) is 0 Å². The van der Waals surface area contributed by atoms with E-state index in [1.165, 1.54) is 0 Å². The van der Waals surface area contributed by atoms with Crippen LogP contribution in [-0.2, 0) is 7.05 Å². The third-order valence-electron chi connectivity index (χ3n) is 5.72. The fourth-order valence-corrected chi connectivity index (χ4v) is 4.07. The van der Waals surface area contributed by atoms with E-state index in [0.29, 0.717) is 5.56 Å². The lowest BCUT2D eigenvalue weighted by Gasteiger charge is -2.36. The molecule has 3 aromatic rings. The van der Waals surface area contributed by atoms with Gasteiger partial charge in [0.2, 0.25) is 0 Å². The molecule has 0 radical (unpaired) electrons. The third kappa shape index (κ3) is 3.12. The topological polar surface area (TPSA) is 85.0 Å². The molecule has 3 atom stereocenters. The lowest BCUT2D eigenvalue weighted by Crippen LogP contribution is -2.49. The summed E-state index contributed by atoms with van der Waals surface area (Å²) in [5.74, 6) is 1.61. The van der Waals surface area contributed by atoms with Gasteiger partial charge in [-0.15, -0.1) is 0 Å². The van der Waals surface area contributed by atoms with Crippen molar-refractivity contribution in [2.75, 3.05) is 0 Å². The molecule has 0 spiro atoms. The first kappa shape index (κ1) is 17.7. The lowest BCUT2D eigenvalue weighted by atomic mass is 9.87. The molecule has 1 aromatic carbocycles. The number of hydrogen-bond acceptors (Lipinski definition) is 4. The average molecular weight is 367 g/mol. The zero-order valence-corrected chi connectivity index (χ0v) is 15.9. The number of aryl methyl sites for hydroxylation is 3. The first-order valence-corrected chi connectivity index (χ1v) is 9.37. The molecule has 1 aliphatic carbocycles. The highest BCUT2D eigenvalue weighted by Gasteiger charge is 2.34. The maximum absolute atomic E-state index is 12.8. The van der Waals surface area contributed by atoms with E-state index in [9.17, 15) is 9.90 Å². The highest BCUT2D eigenvalue weighted by atomic mass is 16.3. The number of hydrogen-bond donors (Lipinski definition) is 2. The van der Waals surface area contributed by atoms with Gasteiger partial charge in [-0.3, -0.25) is 4.79 Å². The number of fused-ring (bicyclic) bond motifs is 1. The predicted molar refractivity (Wildman–Crippen MR) is 103 cm³/mol. The van der Waals surface area contributed by atoms with Crippen molar-refractivity contribution in [3.05, 3.63) is 47.8 Å². The Balaban J connectivity index is 1.52. The van der Waals surface area contributed by atoms with E-state index >= 15 is 0 Å². The predicted octanol–water partition coefficient (Wildman–Crippen LogP) is 2.27. The summed E-state index contributed by atoms with van der Waals surface area (Å²) in [5, 5.41) is 13.9. The van der Waals surface area contributed by atoms with Gasteiger partial charge in [0.05, 0.1) is 29.2 Å². The van der Waals surface area contributed by atoms with E-state index in [4.69, 9.17) is 0 Å². The van der Waals surface area contributed by atoms with Gasteiger partial charge >= 0.3 is 0 Å². The van der Waals surface area contributed by atoms with E-state index in [-0.39, 0.29) is 18.0 Å². The number of carbonyl (C=O) groups is 1. The summed E-state index contributed by atoms with van der Waals surface area (Å²) in [7, 11) is 1.96. The molecule has 4 rings (SSSR count). The van der Waals surface area contributed by atoms with Crippen molar-refractivity contribution in [3.8, 4) is 0 Å². The molecular formula is C20H25N5O2. The molecule has 1 saturated carbocycles. The second-order valence-electron chi connectivity index (χ2n) is 7.37. The number of nitrogens with zero attached hydrogens (tertiary/aromatic N) is 4. The van der Waals surface area contributed by atoms with Crippen LogP contribution >= 0.6 is 0 Å². The van der Waals surface area contributed by atoms with E-state index < -0.39 is 6.10 Å². The number of nitrogens with one attached hydrogen (secondary N) is 1. The molecule has 0 bridgehead atoms. The van der Waals surface area contributed by atoms with Crippen molar-refractivity contribution in [2.24, 2.45) is 7.05 Å². The molecule has 142 valence electrons. The molecule has 1 fully saturated rings. The van der Waals surface area contributed by atoms with E-state index in [1.54, 1.807) is 6.20 Å². The van der Waals surface area contributed by atoms with Crippen LogP contribution in [0.5, 0.6) is 0 Å². The lowest BCUT2D eigenvalue weighted by molar-refractivity contribution is 0.0392. The summed E-state index contributed by atoms with van der Waals surface area (Å²) in [6.45, 7) is 3.87. The van der Waals surface area contributed by atoms with Gasteiger partial charge in [0.15, 0.2) is 0 Å². The van der Waals surface area contributed by atoms with Crippen molar-refractivity contribution in [1.29, 1.82) is 0 Å². The summed E-state index contributed by atoms with van der Waals surface area (Å²) < 4.78 is 4.01. The van der Waals surface area contributed by atoms with E-state index in [1.807, 2.05) is 54.4 Å². The van der Waals surface area contributed by atoms with E-state index in [0.717, 1.165) is 41.9 Å². The molecule has 1 aliphatic rings. The zero-order chi connectivity index (χ0) is 19.1. The van der Waals surface area contributed by atoms with Crippen LogP contribution in [0.15, 0.2) is 30.6 Å². The fraction of sp³-hybridized carbons (Fsp3) is 0.450. The van der Waals surface area contributed by atoms with Gasteiger partial charge in [-0.25, -0.2) is 9.97 Å². The highest BCUT2D eigenvalue weighted by molar-refractivity contribution is 5.97. The zero-order valence-electron chi connectivity index (χ0n) is 15.9. The Kier molecular flexibility index (Phi) is 4.47. The van der Waals surface area contributed by atoms with Crippen molar-refractivity contribution in [2.45, 2.75) is 51.3 Å². The Morgan fingerprint density at radius 1 is 1.26 bits per heavy atom. The number of rotatable bonds is 3. The maximum Gasteiger partial charge on any atom is 0.251 e. The van der Waals surface area contributed by atoms with Gasteiger partial charge in [-0.2, -0.15) is 0 Å². The first-order chi connectivity index (χ1) is 13.0. The first-order valence-electron chi connectivity index (χ1n) is 9.37. The summed E-state index contributed by atoms with van der Waals surface area (Å²) in [4.78, 5) is 21.5. The monoisotopic (exact) mass is 367 g/mol. The molecule has 27 heavy (non-hydrogen) atoms. The Hall–Kier alpha value is -2.67. The standard InChI is InChI=1S/C20H25N5O2/c1-12-21-9-10-25(12)18-6-4-5-15(19(18)26)23-20(27)14-7-8-17-16(11-14)22-13(2)24(17)3/h7-11,15,18-19,26H,4-6H2,1-3H3,(H,23,27)/t15-,18-,19-/m1/s1. The number of aromatic nitrogens is 4. The minimum absolute atomic E-state index is 0.0625. The second kappa shape index (κ2) is 6.81. The van der Waals surface area contributed by atoms with Gasteiger partial charge < -0.3 is 19.6 Å². The minimum Gasteiger partial charge on any atom is -0.389 e. The molecule has 7 nitrogen and oxygen atoms in total. The van der Waals surface area contributed by atoms with Gasteiger partial charge in [-0.05, 0) is 51.3 Å². The molecule has 7 heteroatoms. The fourth-order valence-electron chi connectivity index (χ4n) is 4.07. The number of amides is 1. The van der Waals surface area contributed by atoms with Crippen LogP contribution in [-0.4, -0.2) is 42.3 Å². The van der Waals surface area contributed by atoms with Crippen molar-refractivity contribution >= 4 is 16.9 Å². The number of benzene rings is 1. The smallest absolute Gasteiger partial charge is 0.251 e. The largest absolute Gasteiger partial charge is 0.389 e. The number of aliphatic hydroxyl groups excluding tert-OH is 1. The van der Waals surface area contributed by atoms with Crippen molar-refractivity contribution in [1.82, 2.24) is 24.4 Å². The van der Waals surface area contributed by atoms with Crippen molar-refractivity contribution < 1.29 is 9.90 Å². The van der Waals surface area contributed by atoms with Crippen LogP contribution in [0.1, 0.15) is 47.3 Å². The molecule has 2 heterocycles. The summed E-state index contributed by atoms with van der Waals surface area (Å²) in [5.41, 5.74) is 2.37. The van der Waals surface area contributed by atoms with Gasteiger partial charge in [0.1, 0.15) is 11.6 Å². The van der Waals surface area contributed by atoms with Crippen LogP contribution in [0, 0.1) is 13.8 Å². The van der Waals surface area contributed by atoms with Crippen LogP contribution in [0.3, 0.4) is 0 Å². The molecule has 0 aliphatic heterocycles. The number of carbonyl (C=O) groups excluding carboxylic acids is 1. The highest BCUT2D eigenvalue weighted by Crippen LogP contribution is 2.30. The average Bonchev–Trinajstić information content (AvgIpc) is 3.20. The summed E-state index contributed by atoms with van der Waals surface area (Å²) in [6.07, 6.45) is 5.59. The molecule has 1 amide bonds. The van der Waals surface area contributed by atoms with E-state index in [2.05, 4.69) is 15.3 Å². The number of imidazole rings is 2. The Labute approximate surface area is 158 Å². The Morgan fingerprint density at radius 3 is 2.81 bits per heavy atom. The Bertz CT molecular complexity index is 990. The van der Waals surface area contributed by atoms with Crippen LogP contribution in [0.2, 0.25) is 0 Å². The van der Waals surface area contributed by atoms with Crippen molar-refractivity contribution in [3.63, 3.8) is 0 Å². The molecule has 0 saturated heterocycles. The van der Waals surface area contributed by atoms with Gasteiger partial charge in [0, 0.05) is 25.0 Å². The molecule has 2 N–H and O–H groups in total. The molecule has 2 aromatic heterocycles. The number of aliphatic hydroxyl groups is 1. The Morgan fingerprint density at radius 2 is 2.07 bits per heavy atom. The SMILES string of the molecule is Cc1nccn1[C@@H]1CCC[C@@H](NC(=O)c2ccc3c(c2)nc(C)n3C)[C@H]1O. The van der Waals surface area contributed by atoms with Crippen LogP contribution in [0.4, 0.5) is 0 Å². The van der Waals surface area contributed by atoms with Crippen LogP contribution < -0.4 is 5.32 Å². The summed E-state index contributed by atoms with van der Waals surface area (Å²) >= 11 is 0. The molecular weight excluding hydrogens is 342 g/mol. The van der Waals surface area contributed by atoms with Gasteiger partial charge in [0.25, 0.3) is 5.91 Å². The minimum atomic E-state index is -0.642. The molecule has 0 unspecified atom stereocenters. The quantitative estimate of drug-likeness (QED) is 0.744. The third-order valence-corrected chi connectivity index (χ3v) is 5.72. The second-order valence-corrected chi connectivity index (χ2v) is 7.37. The normalized spacial score (nSPS) is 22.9.